The number of rotatable bonds is 7. The molecule has 0 unspecified atom stereocenters. The van der Waals surface area contributed by atoms with Gasteiger partial charge in [-0.3, -0.25) is 4.90 Å². The number of thiazole rings is 1. The minimum atomic E-state index is 0.600. The highest BCUT2D eigenvalue weighted by Gasteiger charge is 2.19. The van der Waals surface area contributed by atoms with Crippen LogP contribution in [0, 0.1) is 0 Å². The Labute approximate surface area is 147 Å². The predicted octanol–water partition coefficient (Wildman–Crippen LogP) is 3.10. The molecule has 2 aromatic rings. The van der Waals surface area contributed by atoms with Gasteiger partial charge in [-0.2, -0.15) is 0 Å². The van der Waals surface area contributed by atoms with Crippen LogP contribution in [0.2, 0.25) is 0 Å². The van der Waals surface area contributed by atoms with Crippen molar-refractivity contribution in [1.29, 1.82) is 0 Å². The van der Waals surface area contributed by atoms with Crippen LogP contribution < -0.4 is 4.90 Å². The van der Waals surface area contributed by atoms with Crippen LogP contribution >= 0.6 is 11.3 Å². The molecule has 0 spiro atoms. The van der Waals surface area contributed by atoms with Crippen molar-refractivity contribution in [3.8, 4) is 0 Å². The van der Waals surface area contributed by atoms with E-state index in [1.165, 1.54) is 0 Å². The first-order valence-corrected chi connectivity index (χ1v) is 9.36. The van der Waals surface area contributed by atoms with Crippen molar-refractivity contribution in [3.63, 3.8) is 0 Å². The molecule has 1 fully saturated rings. The number of oxime groups is 1. The van der Waals surface area contributed by atoms with Crippen LogP contribution in [0.5, 0.6) is 0 Å². The maximum Gasteiger partial charge on any atom is 0.185 e. The van der Waals surface area contributed by atoms with Gasteiger partial charge in [0.2, 0.25) is 0 Å². The second-order valence-electron chi connectivity index (χ2n) is 5.72. The van der Waals surface area contributed by atoms with Gasteiger partial charge in [0.25, 0.3) is 0 Å². The molecule has 1 aromatic heterocycles. The molecule has 0 bridgehead atoms. The van der Waals surface area contributed by atoms with Gasteiger partial charge in [-0.05, 0) is 12.5 Å². The van der Waals surface area contributed by atoms with Crippen molar-refractivity contribution in [2.45, 2.75) is 13.3 Å². The Balaban J connectivity index is 1.52. The fourth-order valence-corrected chi connectivity index (χ4v) is 3.51. The molecule has 6 heteroatoms. The first kappa shape index (κ1) is 16.9. The largest absolute Gasteiger partial charge is 0.396 e. The highest BCUT2D eigenvalue weighted by molar-refractivity contribution is 7.13. The molecule has 0 N–H and O–H groups in total. The molecule has 1 aliphatic rings. The van der Waals surface area contributed by atoms with E-state index >= 15 is 0 Å². The van der Waals surface area contributed by atoms with E-state index < -0.39 is 0 Å². The van der Waals surface area contributed by atoms with Gasteiger partial charge in [-0.15, -0.1) is 11.3 Å². The number of piperazine rings is 1. The molecule has 1 saturated heterocycles. The van der Waals surface area contributed by atoms with Crippen molar-refractivity contribution in [2.75, 3.05) is 44.2 Å². The first-order valence-electron chi connectivity index (χ1n) is 8.48. The lowest BCUT2D eigenvalue weighted by Gasteiger charge is -2.34. The minimum Gasteiger partial charge on any atom is -0.396 e. The van der Waals surface area contributed by atoms with Crippen LogP contribution in [0.3, 0.4) is 0 Å². The Kier molecular flexibility index (Phi) is 6.20. The smallest absolute Gasteiger partial charge is 0.185 e. The molecular formula is C18H24N4OS. The summed E-state index contributed by atoms with van der Waals surface area (Å²) in [5.74, 6) is 0. The van der Waals surface area contributed by atoms with Gasteiger partial charge in [-0.1, -0.05) is 35.5 Å². The Morgan fingerprint density at radius 1 is 1.21 bits per heavy atom. The van der Waals surface area contributed by atoms with Gasteiger partial charge in [0.1, 0.15) is 6.61 Å². The van der Waals surface area contributed by atoms with Gasteiger partial charge in [-0.25, -0.2) is 4.98 Å². The molecule has 0 aliphatic carbocycles. The minimum absolute atomic E-state index is 0.600. The van der Waals surface area contributed by atoms with Gasteiger partial charge in [0, 0.05) is 50.7 Å². The van der Waals surface area contributed by atoms with Crippen LogP contribution in [-0.2, 0) is 4.84 Å². The molecule has 0 radical (unpaired) electrons. The molecule has 0 saturated carbocycles. The first-order chi connectivity index (χ1) is 11.9. The molecule has 1 aliphatic heterocycles. The highest BCUT2D eigenvalue weighted by atomic mass is 32.1. The number of nitrogens with zero attached hydrogens (tertiary/aromatic N) is 4. The number of hydrogen-bond acceptors (Lipinski definition) is 6. The van der Waals surface area contributed by atoms with Crippen LogP contribution in [0.25, 0.3) is 0 Å². The van der Waals surface area contributed by atoms with E-state index in [1.807, 2.05) is 36.7 Å². The van der Waals surface area contributed by atoms with E-state index in [1.54, 1.807) is 11.3 Å². The summed E-state index contributed by atoms with van der Waals surface area (Å²) in [5, 5.41) is 7.50. The summed E-state index contributed by atoms with van der Waals surface area (Å²) in [7, 11) is 0. The number of hydrogen-bond donors (Lipinski definition) is 0. The van der Waals surface area contributed by atoms with Crippen LogP contribution in [-0.4, -0.2) is 54.9 Å². The standard InChI is InChI=1S/C18H24N4OS/c1-2-23-20-17(16-6-4-3-5-7-16)8-10-21-11-13-22(14-12-21)18-19-9-15-24-18/h3-7,9,15H,2,8,10-14H2,1H3. The van der Waals surface area contributed by atoms with Gasteiger partial charge < -0.3 is 9.74 Å². The molecule has 0 atom stereocenters. The number of aromatic nitrogens is 1. The van der Waals surface area contributed by atoms with E-state index in [4.69, 9.17) is 4.84 Å². The lowest BCUT2D eigenvalue weighted by molar-refractivity contribution is 0.157. The van der Waals surface area contributed by atoms with Crippen molar-refractivity contribution in [3.05, 3.63) is 47.5 Å². The molecule has 24 heavy (non-hydrogen) atoms. The fraction of sp³-hybridized carbons (Fsp3) is 0.444. The van der Waals surface area contributed by atoms with Gasteiger partial charge >= 0.3 is 0 Å². The zero-order valence-corrected chi connectivity index (χ0v) is 14.9. The summed E-state index contributed by atoms with van der Waals surface area (Å²) in [6.45, 7) is 7.78. The topological polar surface area (TPSA) is 41.0 Å². The highest BCUT2D eigenvalue weighted by Crippen LogP contribution is 2.19. The number of benzene rings is 1. The van der Waals surface area contributed by atoms with Crippen LogP contribution in [0.1, 0.15) is 18.9 Å². The zero-order chi connectivity index (χ0) is 16.6. The van der Waals surface area contributed by atoms with Crippen molar-refractivity contribution in [2.24, 2.45) is 5.16 Å². The average Bonchev–Trinajstić information content (AvgIpc) is 3.18. The lowest BCUT2D eigenvalue weighted by atomic mass is 10.1. The second-order valence-corrected chi connectivity index (χ2v) is 6.59. The maximum absolute atomic E-state index is 5.31. The molecule has 1 aromatic carbocycles. The van der Waals surface area contributed by atoms with Crippen molar-refractivity contribution < 1.29 is 4.84 Å². The molecule has 0 amide bonds. The van der Waals surface area contributed by atoms with Gasteiger partial charge in [0.05, 0.1) is 5.71 Å². The summed E-state index contributed by atoms with van der Waals surface area (Å²) in [6, 6.07) is 10.3. The summed E-state index contributed by atoms with van der Waals surface area (Å²) >= 11 is 1.72. The molecule has 2 heterocycles. The average molecular weight is 344 g/mol. The zero-order valence-electron chi connectivity index (χ0n) is 14.1. The lowest BCUT2D eigenvalue weighted by Crippen LogP contribution is -2.46. The fourth-order valence-electron chi connectivity index (χ4n) is 2.81. The monoisotopic (exact) mass is 344 g/mol. The molecule has 128 valence electrons. The third-order valence-corrected chi connectivity index (χ3v) is 4.97. The third-order valence-electron chi connectivity index (χ3n) is 4.14. The van der Waals surface area contributed by atoms with E-state index in [0.29, 0.717) is 6.61 Å². The summed E-state index contributed by atoms with van der Waals surface area (Å²) in [4.78, 5) is 14.6. The Morgan fingerprint density at radius 2 is 2.00 bits per heavy atom. The summed E-state index contributed by atoms with van der Waals surface area (Å²) in [5.41, 5.74) is 2.17. The maximum atomic E-state index is 5.31. The van der Waals surface area contributed by atoms with Crippen LogP contribution in [0.4, 0.5) is 5.13 Å². The normalized spacial score (nSPS) is 16.4. The third kappa shape index (κ3) is 4.55. The van der Waals surface area contributed by atoms with Gasteiger partial charge in [0.15, 0.2) is 5.13 Å². The SMILES string of the molecule is CCON=C(CCN1CCN(c2nccs2)CC1)c1ccccc1. The molecule has 3 rings (SSSR count). The van der Waals surface area contributed by atoms with E-state index in [9.17, 15) is 0 Å². The van der Waals surface area contributed by atoms with Crippen LogP contribution in [0.15, 0.2) is 47.1 Å². The summed E-state index contributed by atoms with van der Waals surface area (Å²) < 4.78 is 0. The summed E-state index contributed by atoms with van der Waals surface area (Å²) in [6.07, 6.45) is 2.78. The Hall–Kier alpha value is -1.92. The van der Waals surface area contributed by atoms with Crippen molar-refractivity contribution >= 4 is 22.2 Å². The van der Waals surface area contributed by atoms with E-state index in [0.717, 1.165) is 55.6 Å². The molecule has 5 nitrogen and oxygen atoms in total. The van der Waals surface area contributed by atoms with E-state index in [2.05, 4.69) is 32.1 Å². The Bertz CT molecular complexity index is 622. The quantitative estimate of drug-likeness (QED) is 0.572. The number of anilines is 1. The predicted molar refractivity (Wildman–Crippen MR) is 100.0 cm³/mol. The molecular weight excluding hydrogens is 320 g/mol. The Morgan fingerprint density at radius 3 is 2.67 bits per heavy atom. The second kappa shape index (κ2) is 8.80. The van der Waals surface area contributed by atoms with Crippen molar-refractivity contribution in [1.82, 2.24) is 9.88 Å². The van der Waals surface area contributed by atoms with E-state index in [-0.39, 0.29) is 0 Å².